The molecule has 0 aliphatic carbocycles. The Balaban J connectivity index is 2.28. The molecule has 0 bridgehead atoms. The van der Waals surface area contributed by atoms with Gasteiger partial charge in [-0.1, -0.05) is 35.5 Å². The summed E-state index contributed by atoms with van der Waals surface area (Å²) in [5.41, 5.74) is 6.87. The lowest BCUT2D eigenvalue weighted by atomic mass is 10.1. The topological polar surface area (TPSA) is 35.2 Å². The van der Waals surface area contributed by atoms with Crippen molar-refractivity contribution in [2.75, 3.05) is 13.7 Å². The van der Waals surface area contributed by atoms with E-state index in [1.165, 1.54) is 5.56 Å². The summed E-state index contributed by atoms with van der Waals surface area (Å²) in [4.78, 5) is 2.27. The highest BCUT2D eigenvalue weighted by atomic mass is 35.5. The molecule has 0 spiro atoms. The van der Waals surface area contributed by atoms with Crippen molar-refractivity contribution < 1.29 is 4.74 Å². The molecule has 0 saturated heterocycles. The van der Waals surface area contributed by atoms with Crippen molar-refractivity contribution in [1.82, 2.24) is 0 Å². The number of halogens is 1. The molecule has 0 fully saturated rings. The molecule has 2 aromatic carbocycles. The van der Waals surface area contributed by atoms with E-state index in [-0.39, 0.29) is 0 Å². The molecular weight excluding hydrogens is 278 g/mol. The SMILES string of the molecule is COc1cccc(Sc2cc(Cl)ccc2CCN)c1. The van der Waals surface area contributed by atoms with Gasteiger partial charge in [0, 0.05) is 14.8 Å². The molecule has 0 unspecified atom stereocenters. The van der Waals surface area contributed by atoms with Crippen molar-refractivity contribution in [2.45, 2.75) is 16.2 Å². The molecule has 0 heterocycles. The van der Waals surface area contributed by atoms with Crippen LogP contribution in [0.5, 0.6) is 5.75 Å². The first-order valence-electron chi connectivity index (χ1n) is 6.03. The van der Waals surface area contributed by atoms with E-state index in [2.05, 4.69) is 6.07 Å². The Hall–Kier alpha value is -1.16. The van der Waals surface area contributed by atoms with Gasteiger partial charge >= 0.3 is 0 Å². The van der Waals surface area contributed by atoms with E-state index in [9.17, 15) is 0 Å². The van der Waals surface area contributed by atoms with Crippen LogP contribution >= 0.6 is 23.4 Å². The number of hydrogen-bond acceptors (Lipinski definition) is 3. The van der Waals surface area contributed by atoms with Crippen molar-refractivity contribution in [1.29, 1.82) is 0 Å². The van der Waals surface area contributed by atoms with Crippen LogP contribution in [-0.4, -0.2) is 13.7 Å². The van der Waals surface area contributed by atoms with Crippen LogP contribution in [0.4, 0.5) is 0 Å². The maximum Gasteiger partial charge on any atom is 0.119 e. The second kappa shape index (κ2) is 6.85. The average molecular weight is 294 g/mol. The monoisotopic (exact) mass is 293 g/mol. The lowest BCUT2D eigenvalue weighted by Crippen LogP contribution is -2.03. The van der Waals surface area contributed by atoms with Crippen molar-refractivity contribution in [3.05, 3.63) is 53.1 Å². The van der Waals surface area contributed by atoms with Crippen LogP contribution in [0.2, 0.25) is 5.02 Å². The minimum Gasteiger partial charge on any atom is -0.497 e. The summed E-state index contributed by atoms with van der Waals surface area (Å²) >= 11 is 7.75. The van der Waals surface area contributed by atoms with Crippen LogP contribution in [0.1, 0.15) is 5.56 Å². The third kappa shape index (κ3) is 3.90. The summed E-state index contributed by atoms with van der Waals surface area (Å²) < 4.78 is 5.23. The summed E-state index contributed by atoms with van der Waals surface area (Å²) in [5.74, 6) is 0.854. The van der Waals surface area contributed by atoms with Gasteiger partial charge < -0.3 is 10.5 Å². The predicted octanol–water partition coefficient (Wildman–Crippen LogP) is 4.00. The molecule has 0 atom stereocenters. The maximum atomic E-state index is 6.07. The number of ether oxygens (including phenoxy) is 1. The van der Waals surface area contributed by atoms with Gasteiger partial charge in [0.15, 0.2) is 0 Å². The largest absolute Gasteiger partial charge is 0.497 e. The van der Waals surface area contributed by atoms with Crippen molar-refractivity contribution in [3.8, 4) is 5.75 Å². The third-order valence-corrected chi connectivity index (χ3v) is 4.04. The number of nitrogens with two attached hydrogens (primary N) is 1. The van der Waals surface area contributed by atoms with E-state index in [1.807, 2.05) is 36.4 Å². The Morgan fingerprint density at radius 1 is 1.21 bits per heavy atom. The Kier molecular flexibility index (Phi) is 5.14. The second-order valence-corrected chi connectivity index (χ2v) is 5.62. The highest BCUT2D eigenvalue weighted by molar-refractivity contribution is 7.99. The maximum absolute atomic E-state index is 6.07. The molecule has 2 rings (SSSR count). The first-order valence-corrected chi connectivity index (χ1v) is 7.23. The summed E-state index contributed by atoms with van der Waals surface area (Å²) in [6, 6.07) is 13.9. The van der Waals surface area contributed by atoms with Crippen LogP contribution in [0.15, 0.2) is 52.3 Å². The Bertz CT molecular complexity index is 560. The molecule has 0 saturated carbocycles. The smallest absolute Gasteiger partial charge is 0.119 e. The van der Waals surface area contributed by atoms with Gasteiger partial charge in [-0.2, -0.15) is 0 Å². The lowest BCUT2D eigenvalue weighted by molar-refractivity contribution is 0.413. The molecule has 0 aromatic heterocycles. The van der Waals surface area contributed by atoms with E-state index in [0.717, 1.165) is 27.0 Å². The van der Waals surface area contributed by atoms with E-state index in [1.54, 1.807) is 18.9 Å². The number of methoxy groups -OCH3 is 1. The molecule has 0 amide bonds. The van der Waals surface area contributed by atoms with E-state index >= 15 is 0 Å². The molecular formula is C15H16ClNOS. The number of benzene rings is 2. The Labute approximate surface area is 122 Å². The van der Waals surface area contributed by atoms with Gasteiger partial charge in [-0.25, -0.2) is 0 Å². The minimum atomic E-state index is 0.632. The van der Waals surface area contributed by atoms with E-state index in [0.29, 0.717) is 6.54 Å². The van der Waals surface area contributed by atoms with E-state index in [4.69, 9.17) is 22.1 Å². The Morgan fingerprint density at radius 2 is 2.05 bits per heavy atom. The predicted molar refractivity (Wildman–Crippen MR) is 81.3 cm³/mol. The summed E-state index contributed by atoms with van der Waals surface area (Å²) in [7, 11) is 1.67. The van der Waals surface area contributed by atoms with Gasteiger partial charge in [0.25, 0.3) is 0 Å². The molecule has 4 heteroatoms. The van der Waals surface area contributed by atoms with Gasteiger partial charge in [-0.15, -0.1) is 0 Å². The standard InChI is InChI=1S/C15H16ClNOS/c1-18-13-3-2-4-14(10-13)19-15-9-12(16)6-5-11(15)7-8-17/h2-6,9-10H,7-8,17H2,1H3. The lowest BCUT2D eigenvalue weighted by Gasteiger charge is -2.10. The summed E-state index contributed by atoms with van der Waals surface area (Å²) in [6.07, 6.45) is 0.851. The van der Waals surface area contributed by atoms with E-state index < -0.39 is 0 Å². The first kappa shape index (κ1) is 14.3. The van der Waals surface area contributed by atoms with Gasteiger partial charge in [-0.3, -0.25) is 0 Å². The molecule has 2 N–H and O–H groups in total. The van der Waals surface area contributed by atoms with Crippen LogP contribution in [0, 0.1) is 0 Å². The number of hydrogen-bond donors (Lipinski definition) is 1. The average Bonchev–Trinajstić information content (AvgIpc) is 2.42. The van der Waals surface area contributed by atoms with Gasteiger partial charge in [0.1, 0.15) is 5.75 Å². The number of rotatable bonds is 5. The van der Waals surface area contributed by atoms with Gasteiger partial charge in [0.05, 0.1) is 7.11 Å². The van der Waals surface area contributed by atoms with Crippen LogP contribution in [0.25, 0.3) is 0 Å². The van der Waals surface area contributed by atoms with Crippen molar-refractivity contribution in [2.24, 2.45) is 5.73 Å². The second-order valence-electron chi connectivity index (χ2n) is 4.07. The fourth-order valence-corrected chi connectivity index (χ4v) is 3.08. The van der Waals surface area contributed by atoms with Crippen LogP contribution in [-0.2, 0) is 6.42 Å². The molecule has 19 heavy (non-hydrogen) atoms. The molecule has 2 nitrogen and oxygen atoms in total. The van der Waals surface area contributed by atoms with Crippen LogP contribution in [0.3, 0.4) is 0 Å². The molecule has 2 aromatic rings. The third-order valence-electron chi connectivity index (χ3n) is 2.71. The van der Waals surface area contributed by atoms with Gasteiger partial charge in [0.2, 0.25) is 0 Å². The zero-order chi connectivity index (χ0) is 13.7. The van der Waals surface area contributed by atoms with Gasteiger partial charge in [-0.05, 0) is 48.9 Å². The summed E-state index contributed by atoms with van der Waals surface area (Å²) in [6.45, 7) is 0.632. The molecule has 100 valence electrons. The van der Waals surface area contributed by atoms with Crippen molar-refractivity contribution in [3.63, 3.8) is 0 Å². The molecule has 0 aliphatic heterocycles. The zero-order valence-corrected chi connectivity index (χ0v) is 12.3. The van der Waals surface area contributed by atoms with Crippen LogP contribution < -0.4 is 10.5 Å². The quantitative estimate of drug-likeness (QED) is 0.905. The zero-order valence-electron chi connectivity index (χ0n) is 10.7. The molecule has 0 radical (unpaired) electrons. The fourth-order valence-electron chi connectivity index (χ4n) is 1.78. The first-order chi connectivity index (χ1) is 9.22. The minimum absolute atomic E-state index is 0.632. The highest BCUT2D eigenvalue weighted by Crippen LogP contribution is 2.34. The normalized spacial score (nSPS) is 10.5. The summed E-state index contributed by atoms with van der Waals surface area (Å²) in [5, 5.41) is 0.742. The van der Waals surface area contributed by atoms with Crippen molar-refractivity contribution >= 4 is 23.4 Å². The fraction of sp³-hybridized carbons (Fsp3) is 0.200. The Morgan fingerprint density at radius 3 is 2.79 bits per heavy atom. The highest BCUT2D eigenvalue weighted by Gasteiger charge is 2.06. The molecule has 0 aliphatic rings.